The Morgan fingerprint density at radius 2 is 1.76 bits per heavy atom. The zero-order valence-corrected chi connectivity index (χ0v) is 13.0. The van der Waals surface area contributed by atoms with Crippen molar-refractivity contribution in [2.75, 3.05) is 18.1 Å². The molecule has 0 spiro atoms. The lowest BCUT2D eigenvalue weighted by atomic mass is 10.1. The lowest BCUT2D eigenvalue weighted by Gasteiger charge is -2.10. The number of hydrogen-bond acceptors (Lipinski definition) is 4. The third-order valence-electron chi connectivity index (χ3n) is 3.37. The number of nitrogens with two attached hydrogens (primary N) is 1. The maximum Gasteiger partial charge on any atom is 0.181 e. The van der Waals surface area contributed by atoms with E-state index in [9.17, 15) is 8.42 Å². The van der Waals surface area contributed by atoms with Gasteiger partial charge in [0.05, 0.1) is 16.3 Å². The predicted molar refractivity (Wildman–Crippen MR) is 84.3 cm³/mol. The van der Waals surface area contributed by atoms with E-state index >= 15 is 0 Å². The number of sulfone groups is 1. The third-order valence-corrected chi connectivity index (χ3v) is 5.04. The summed E-state index contributed by atoms with van der Waals surface area (Å²) in [5.74, 6) is 0.428. The van der Waals surface area contributed by atoms with Gasteiger partial charge in [-0.05, 0) is 49.2 Å². The summed E-state index contributed by atoms with van der Waals surface area (Å²) in [5.41, 5.74) is 8.28. The van der Waals surface area contributed by atoms with Crippen molar-refractivity contribution in [1.82, 2.24) is 0 Å². The number of nitrogen functional groups attached to an aromatic ring is 1. The Morgan fingerprint density at radius 3 is 2.43 bits per heavy atom. The normalized spacial score (nSPS) is 11.3. The summed E-state index contributed by atoms with van der Waals surface area (Å²) in [7, 11) is -3.35. The minimum atomic E-state index is -3.35. The molecule has 0 heterocycles. The van der Waals surface area contributed by atoms with Crippen molar-refractivity contribution in [3.8, 4) is 5.75 Å². The van der Waals surface area contributed by atoms with Crippen molar-refractivity contribution in [2.45, 2.75) is 18.7 Å². The van der Waals surface area contributed by atoms with Crippen LogP contribution in [0.4, 0.5) is 5.69 Å². The minimum absolute atomic E-state index is 0.0729. The highest BCUT2D eigenvalue weighted by Gasteiger charge is 2.15. The Bertz CT molecular complexity index is 739. The van der Waals surface area contributed by atoms with Gasteiger partial charge in [0, 0.05) is 0 Å². The number of para-hydroxylation sites is 2. The van der Waals surface area contributed by atoms with Gasteiger partial charge in [-0.1, -0.05) is 18.2 Å². The van der Waals surface area contributed by atoms with Crippen LogP contribution in [-0.2, 0) is 9.84 Å². The molecule has 0 radical (unpaired) electrons. The van der Waals surface area contributed by atoms with Crippen LogP contribution in [0.3, 0.4) is 0 Å². The van der Waals surface area contributed by atoms with Gasteiger partial charge in [0.15, 0.2) is 9.84 Å². The molecule has 4 nitrogen and oxygen atoms in total. The zero-order valence-electron chi connectivity index (χ0n) is 12.2. The average molecular weight is 305 g/mol. The van der Waals surface area contributed by atoms with Gasteiger partial charge in [-0.2, -0.15) is 0 Å². The number of ether oxygens (including phenoxy) is 1. The summed E-state index contributed by atoms with van der Waals surface area (Å²) in [6.07, 6.45) is 0. The van der Waals surface area contributed by atoms with E-state index in [1.807, 2.05) is 19.9 Å². The molecule has 2 rings (SSSR count). The molecule has 2 N–H and O–H groups in total. The molecular formula is C16H19NO3S. The molecule has 5 heteroatoms. The van der Waals surface area contributed by atoms with E-state index in [0.29, 0.717) is 16.3 Å². The smallest absolute Gasteiger partial charge is 0.181 e. The van der Waals surface area contributed by atoms with Crippen molar-refractivity contribution in [2.24, 2.45) is 0 Å². The van der Waals surface area contributed by atoms with Crippen molar-refractivity contribution in [3.05, 3.63) is 53.6 Å². The second-order valence-electron chi connectivity index (χ2n) is 4.95. The van der Waals surface area contributed by atoms with Gasteiger partial charge in [0.2, 0.25) is 0 Å². The Hall–Kier alpha value is -2.01. The maximum absolute atomic E-state index is 12.3. The van der Waals surface area contributed by atoms with Crippen LogP contribution in [0.25, 0.3) is 0 Å². The SMILES string of the molecule is Cc1ccc(S(=O)(=O)CCOc2ccccc2N)cc1C. The molecule has 0 aromatic heterocycles. The fraction of sp³-hybridized carbons (Fsp3) is 0.250. The Labute approximate surface area is 125 Å². The van der Waals surface area contributed by atoms with E-state index < -0.39 is 9.84 Å². The van der Waals surface area contributed by atoms with Crippen LogP contribution in [0.15, 0.2) is 47.4 Å². The van der Waals surface area contributed by atoms with E-state index in [4.69, 9.17) is 10.5 Å². The summed E-state index contributed by atoms with van der Waals surface area (Å²) in [4.78, 5) is 0.329. The quantitative estimate of drug-likeness (QED) is 0.862. The highest BCUT2D eigenvalue weighted by Crippen LogP contribution is 2.20. The monoisotopic (exact) mass is 305 g/mol. The van der Waals surface area contributed by atoms with Crippen LogP contribution < -0.4 is 10.5 Å². The van der Waals surface area contributed by atoms with Gasteiger partial charge in [0.1, 0.15) is 12.4 Å². The van der Waals surface area contributed by atoms with Crippen LogP contribution in [0, 0.1) is 13.8 Å². The van der Waals surface area contributed by atoms with E-state index in [1.54, 1.807) is 36.4 Å². The van der Waals surface area contributed by atoms with E-state index in [0.717, 1.165) is 11.1 Å². The van der Waals surface area contributed by atoms with Crippen LogP contribution >= 0.6 is 0 Å². The van der Waals surface area contributed by atoms with Crippen molar-refractivity contribution >= 4 is 15.5 Å². The number of rotatable bonds is 5. The van der Waals surface area contributed by atoms with Gasteiger partial charge >= 0.3 is 0 Å². The summed E-state index contributed by atoms with van der Waals surface area (Å²) < 4.78 is 30.0. The molecule has 112 valence electrons. The van der Waals surface area contributed by atoms with Gasteiger partial charge in [0.25, 0.3) is 0 Å². The second-order valence-corrected chi connectivity index (χ2v) is 7.06. The molecule has 0 bridgehead atoms. The number of aryl methyl sites for hydroxylation is 2. The predicted octanol–water partition coefficient (Wildman–Crippen LogP) is 2.74. The highest BCUT2D eigenvalue weighted by molar-refractivity contribution is 7.91. The zero-order chi connectivity index (χ0) is 15.5. The average Bonchev–Trinajstić information content (AvgIpc) is 2.44. The van der Waals surface area contributed by atoms with Crippen LogP contribution in [0.1, 0.15) is 11.1 Å². The fourth-order valence-corrected chi connectivity index (χ4v) is 3.07. The van der Waals surface area contributed by atoms with Gasteiger partial charge in [-0.3, -0.25) is 0 Å². The Kier molecular flexibility index (Phi) is 4.53. The highest BCUT2D eigenvalue weighted by atomic mass is 32.2. The second kappa shape index (κ2) is 6.18. The first-order valence-corrected chi connectivity index (χ1v) is 8.33. The first-order valence-electron chi connectivity index (χ1n) is 6.67. The molecular weight excluding hydrogens is 286 g/mol. The molecule has 0 atom stereocenters. The fourth-order valence-electron chi connectivity index (χ4n) is 1.90. The van der Waals surface area contributed by atoms with Crippen molar-refractivity contribution in [3.63, 3.8) is 0 Å². The lowest BCUT2D eigenvalue weighted by Crippen LogP contribution is -2.15. The lowest BCUT2D eigenvalue weighted by molar-refractivity contribution is 0.342. The molecule has 2 aromatic carbocycles. The van der Waals surface area contributed by atoms with Gasteiger partial charge in [-0.15, -0.1) is 0 Å². The molecule has 0 amide bonds. The third kappa shape index (κ3) is 3.76. The molecule has 2 aromatic rings. The van der Waals surface area contributed by atoms with Crippen LogP contribution in [-0.4, -0.2) is 20.8 Å². The molecule has 0 aliphatic rings. The first kappa shape index (κ1) is 15.4. The summed E-state index contributed by atoms with van der Waals surface area (Å²) in [6.45, 7) is 3.92. The number of benzene rings is 2. The van der Waals surface area contributed by atoms with E-state index in [1.165, 1.54) is 0 Å². The molecule has 0 saturated heterocycles. The van der Waals surface area contributed by atoms with Crippen molar-refractivity contribution < 1.29 is 13.2 Å². The molecule has 21 heavy (non-hydrogen) atoms. The molecule has 0 fully saturated rings. The van der Waals surface area contributed by atoms with E-state index in [-0.39, 0.29) is 12.4 Å². The molecule has 0 aliphatic carbocycles. The molecule has 0 aliphatic heterocycles. The topological polar surface area (TPSA) is 69.4 Å². The Balaban J connectivity index is 2.05. The van der Waals surface area contributed by atoms with Gasteiger partial charge < -0.3 is 10.5 Å². The largest absolute Gasteiger partial charge is 0.490 e. The summed E-state index contributed by atoms with van der Waals surface area (Å²) in [6, 6.07) is 12.2. The Morgan fingerprint density at radius 1 is 1.05 bits per heavy atom. The van der Waals surface area contributed by atoms with Crippen LogP contribution in [0.2, 0.25) is 0 Å². The standard InChI is InChI=1S/C16H19NO3S/c1-12-7-8-14(11-13(12)2)21(18,19)10-9-20-16-6-4-3-5-15(16)17/h3-8,11H,9-10,17H2,1-2H3. The van der Waals surface area contributed by atoms with Crippen LogP contribution in [0.5, 0.6) is 5.75 Å². The summed E-state index contributed by atoms with van der Waals surface area (Å²) >= 11 is 0. The molecule has 0 unspecified atom stereocenters. The first-order chi connectivity index (χ1) is 9.90. The minimum Gasteiger partial charge on any atom is -0.490 e. The van der Waals surface area contributed by atoms with Crippen molar-refractivity contribution in [1.29, 1.82) is 0 Å². The van der Waals surface area contributed by atoms with E-state index in [2.05, 4.69) is 0 Å². The summed E-state index contributed by atoms with van der Waals surface area (Å²) in [5, 5.41) is 0. The number of anilines is 1. The maximum atomic E-state index is 12.3. The number of hydrogen-bond donors (Lipinski definition) is 1. The molecule has 0 saturated carbocycles. The van der Waals surface area contributed by atoms with Gasteiger partial charge in [-0.25, -0.2) is 8.42 Å².